The molecule has 0 fully saturated rings. The van der Waals surface area contributed by atoms with Crippen molar-refractivity contribution < 1.29 is 14.3 Å². The van der Waals surface area contributed by atoms with Gasteiger partial charge in [-0.1, -0.05) is 167 Å². The molecule has 0 heterocycles. The van der Waals surface area contributed by atoms with Crippen LogP contribution in [-0.2, 0) is 20.7 Å². The Morgan fingerprint density at radius 1 is 0.702 bits per heavy atom. The molecule has 3 atom stereocenters. The average Bonchev–Trinajstić information content (AvgIpc) is 2.97. The van der Waals surface area contributed by atoms with Gasteiger partial charge in [-0.3, -0.25) is 9.59 Å². The molecule has 0 aromatic heterocycles. The summed E-state index contributed by atoms with van der Waals surface area (Å²) in [5.41, 5.74) is 4.09. The van der Waals surface area contributed by atoms with E-state index >= 15 is 0 Å². The van der Waals surface area contributed by atoms with Crippen molar-refractivity contribution in [1.29, 1.82) is 0 Å². The number of carbonyl (C=O) groups is 2. The van der Waals surface area contributed by atoms with Gasteiger partial charge in [0.25, 0.3) is 0 Å². The van der Waals surface area contributed by atoms with Gasteiger partial charge in [0.05, 0.1) is 12.0 Å². The minimum atomic E-state index is -1.03. The van der Waals surface area contributed by atoms with Crippen LogP contribution >= 0.6 is 0 Å². The van der Waals surface area contributed by atoms with Crippen molar-refractivity contribution in [3.8, 4) is 0 Å². The van der Waals surface area contributed by atoms with Gasteiger partial charge in [-0.25, -0.2) is 0 Å². The van der Waals surface area contributed by atoms with Crippen molar-refractivity contribution in [3.63, 3.8) is 0 Å². The van der Waals surface area contributed by atoms with Crippen LogP contribution < -0.4 is 5.73 Å². The quantitative estimate of drug-likeness (QED) is 0.133. The standard InChI is InChI=1S/C38H67NO3.C3H8.C2H6/c1-15-17-20-25-30(40)36(12,28-32(3,4)5)38(14,39)35(10,11)37(13,31(41)42-26-18-16-2)34(8,9)33(6,7)27-29-23-21-19-22-24-29;1-3-2;1-2/h19,21-24H,15-18,20,25-28,39H2,1-14H3;3H2,1-2H3;1-2H3. The molecule has 0 saturated carbocycles. The molecule has 3 unspecified atom stereocenters. The molecule has 4 heteroatoms. The summed E-state index contributed by atoms with van der Waals surface area (Å²) in [5, 5.41) is 0. The van der Waals surface area contributed by atoms with Crippen LogP contribution in [-0.4, -0.2) is 23.9 Å². The fourth-order valence-electron chi connectivity index (χ4n) is 7.40. The molecular weight excluding hydrogens is 578 g/mol. The van der Waals surface area contributed by atoms with Gasteiger partial charge in [0, 0.05) is 17.4 Å². The summed E-state index contributed by atoms with van der Waals surface area (Å²) in [6.45, 7) is 38.8. The highest BCUT2D eigenvalue weighted by atomic mass is 16.5. The molecule has 0 saturated heterocycles. The van der Waals surface area contributed by atoms with Crippen LogP contribution in [0, 0.1) is 32.5 Å². The highest BCUT2D eigenvalue weighted by molar-refractivity contribution is 5.87. The molecule has 1 aromatic rings. The summed E-state index contributed by atoms with van der Waals surface area (Å²) in [5.74, 6) is -0.0210. The highest BCUT2D eigenvalue weighted by Crippen LogP contribution is 2.66. The fourth-order valence-corrected chi connectivity index (χ4v) is 7.40. The van der Waals surface area contributed by atoms with Crippen molar-refractivity contribution in [2.75, 3.05) is 6.61 Å². The molecule has 4 nitrogen and oxygen atoms in total. The normalized spacial score (nSPS) is 16.2. The van der Waals surface area contributed by atoms with Crippen LogP contribution in [0.1, 0.15) is 182 Å². The molecule has 1 rings (SSSR count). The summed E-state index contributed by atoms with van der Waals surface area (Å²) in [4.78, 5) is 28.9. The molecule has 0 aliphatic heterocycles. The Balaban J connectivity index is 0. The number of nitrogens with two attached hydrogens (primary N) is 1. The van der Waals surface area contributed by atoms with Gasteiger partial charge in [-0.15, -0.1) is 0 Å². The summed E-state index contributed by atoms with van der Waals surface area (Å²) < 4.78 is 6.13. The van der Waals surface area contributed by atoms with Crippen LogP contribution in [0.15, 0.2) is 30.3 Å². The van der Waals surface area contributed by atoms with E-state index in [2.05, 4.69) is 128 Å². The Bertz CT molecular complexity index is 1030. The maximum atomic E-state index is 14.6. The summed E-state index contributed by atoms with van der Waals surface area (Å²) in [6, 6.07) is 10.5. The number of hydrogen-bond acceptors (Lipinski definition) is 4. The van der Waals surface area contributed by atoms with E-state index in [9.17, 15) is 9.59 Å². The minimum Gasteiger partial charge on any atom is -0.465 e. The number of ketones is 1. The second-order valence-electron chi connectivity index (χ2n) is 17.3. The van der Waals surface area contributed by atoms with Crippen molar-refractivity contribution in [2.45, 2.75) is 188 Å². The lowest BCUT2D eigenvalue weighted by Crippen LogP contribution is -2.73. The summed E-state index contributed by atoms with van der Waals surface area (Å²) in [6.07, 6.45) is 7.88. The number of Topliss-reactive ketones (excluding diaryl/α,β-unsaturated/α-hetero) is 1. The maximum Gasteiger partial charge on any atom is 0.312 e. The van der Waals surface area contributed by atoms with E-state index in [1.807, 2.05) is 26.8 Å². The summed E-state index contributed by atoms with van der Waals surface area (Å²) >= 11 is 0. The lowest BCUT2D eigenvalue weighted by Gasteiger charge is -2.65. The predicted octanol–water partition coefficient (Wildman–Crippen LogP) is 12.4. The Morgan fingerprint density at radius 3 is 1.60 bits per heavy atom. The monoisotopic (exact) mass is 660 g/mol. The first kappa shape index (κ1) is 47.4. The highest BCUT2D eigenvalue weighted by Gasteiger charge is 2.70. The number of rotatable bonds is 17. The zero-order valence-electron chi connectivity index (χ0n) is 34.8. The van der Waals surface area contributed by atoms with E-state index in [1.165, 1.54) is 12.0 Å². The zero-order chi connectivity index (χ0) is 37.5. The zero-order valence-corrected chi connectivity index (χ0v) is 34.8. The topological polar surface area (TPSA) is 69.4 Å². The number of ether oxygens (including phenoxy) is 1. The van der Waals surface area contributed by atoms with Gasteiger partial charge >= 0.3 is 5.97 Å². The second-order valence-corrected chi connectivity index (χ2v) is 17.3. The van der Waals surface area contributed by atoms with Crippen LogP contribution in [0.4, 0.5) is 0 Å². The molecule has 0 spiro atoms. The molecule has 0 aliphatic carbocycles. The van der Waals surface area contributed by atoms with Gasteiger partial charge in [-0.2, -0.15) is 0 Å². The van der Waals surface area contributed by atoms with Crippen LogP contribution in [0.5, 0.6) is 0 Å². The third kappa shape index (κ3) is 11.2. The first-order valence-corrected chi connectivity index (χ1v) is 18.9. The molecule has 0 amide bonds. The van der Waals surface area contributed by atoms with Crippen LogP contribution in [0.25, 0.3) is 0 Å². The van der Waals surface area contributed by atoms with E-state index in [0.29, 0.717) is 19.4 Å². The Labute approximate surface area is 294 Å². The van der Waals surface area contributed by atoms with Gasteiger partial charge in [0.15, 0.2) is 0 Å². The van der Waals surface area contributed by atoms with Crippen LogP contribution in [0.2, 0.25) is 0 Å². The Hall–Kier alpha value is -1.68. The van der Waals surface area contributed by atoms with Crippen LogP contribution in [0.3, 0.4) is 0 Å². The Morgan fingerprint density at radius 2 is 1.17 bits per heavy atom. The average molecular weight is 660 g/mol. The molecule has 0 aliphatic rings. The number of benzene rings is 1. The molecule has 276 valence electrons. The summed E-state index contributed by atoms with van der Waals surface area (Å²) in [7, 11) is 0. The molecule has 1 aromatic carbocycles. The molecular formula is C43H81NO3. The number of unbranched alkanes of at least 4 members (excludes halogenated alkanes) is 3. The first-order valence-electron chi connectivity index (χ1n) is 18.9. The third-order valence-electron chi connectivity index (χ3n) is 11.8. The van der Waals surface area contributed by atoms with Crippen molar-refractivity contribution in [3.05, 3.63) is 35.9 Å². The van der Waals surface area contributed by atoms with E-state index in [-0.39, 0.29) is 22.6 Å². The third-order valence-corrected chi connectivity index (χ3v) is 11.8. The fraction of sp³-hybridized carbons (Fsp3) is 0.814. The van der Waals surface area contributed by atoms with Gasteiger partial charge in [0.2, 0.25) is 0 Å². The van der Waals surface area contributed by atoms with E-state index in [1.54, 1.807) is 0 Å². The first-order chi connectivity index (χ1) is 21.4. The number of carbonyl (C=O) groups excluding carboxylic acids is 2. The van der Waals surface area contributed by atoms with Crippen molar-refractivity contribution in [1.82, 2.24) is 0 Å². The molecule has 0 bridgehead atoms. The minimum absolute atomic E-state index is 0.133. The van der Waals surface area contributed by atoms with Gasteiger partial charge in [-0.05, 0) is 66.8 Å². The van der Waals surface area contributed by atoms with Crippen molar-refractivity contribution in [2.24, 2.45) is 38.2 Å². The number of esters is 1. The maximum absolute atomic E-state index is 14.6. The SMILES string of the molecule is CC.CCC.CCCCCC(=O)C(C)(CC(C)(C)C)C(C)(N)C(C)(C)C(C)(C(=O)OCCCC)C(C)(C)C(C)(C)Cc1ccccc1. The number of hydrogen-bond donors (Lipinski definition) is 1. The van der Waals surface area contributed by atoms with E-state index < -0.39 is 27.2 Å². The predicted molar refractivity (Wildman–Crippen MR) is 207 cm³/mol. The molecule has 0 radical (unpaired) electrons. The van der Waals surface area contributed by atoms with E-state index in [4.69, 9.17) is 10.5 Å². The Kier molecular flexibility index (Phi) is 19.7. The van der Waals surface area contributed by atoms with Crippen molar-refractivity contribution >= 4 is 11.8 Å². The molecule has 2 N–H and O–H groups in total. The van der Waals surface area contributed by atoms with Gasteiger partial charge < -0.3 is 10.5 Å². The van der Waals surface area contributed by atoms with E-state index in [0.717, 1.165) is 38.5 Å². The van der Waals surface area contributed by atoms with Gasteiger partial charge in [0.1, 0.15) is 5.78 Å². The molecule has 47 heavy (non-hydrogen) atoms. The smallest absolute Gasteiger partial charge is 0.312 e. The second kappa shape index (κ2) is 19.5. The largest absolute Gasteiger partial charge is 0.465 e. The lowest BCUT2D eigenvalue weighted by molar-refractivity contribution is -0.203. The lowest BCUT2D eigenvalue weighted by atomic mass is 9.39.